The number of nitrogen functional groups attached to an aromatic ring is 1. The topological polar surface area (TPSA) is 115 Å². The number of anilines is 3. The quantitative estimate of drug-likeness (QED) is 0.569. The second-order valence-corrected chi connectivity index (χ2v) is 13.1. The molecule has 4 fully saturated rings. The number of nitrogens with zero attached hydrogens (tertiary/aromatic N) is 6. The van der Waals surface area contributed by atoms with Crippen molar-refractivity contribution in [2.24, 2.45) is 0 Å². The van der Waals surface area contributed by atoms with E-state index in [-0.39, 0.29) is 17.0 Å². The molecule has 11 heteroatoms. The maximum Gasteiger partial charge on any atom is 0.320 e. The number of thiophene rings is 1. The molecule has 0 saturated carbocycles. The number of hydrogen-bond acceptors (Lipinski definition) is 10. The van der Waals surface area contributed by atoms with E-state index < -0.39 is 11.8 Å². The van der Waals surface area contributed by atoms with Gasteiger partial charge in [-0.1, -0.05) is 6.92 Å². The first-order valence-corrected chi connectivity index (χ1v) is 14.4. The molecule has 0 unspecified atom stereocenters. The number of fused-ring (bicyclic) bond motifs is 1. The smallest absolute Gasteiger partial charge is 0.320 e. The third kappa shape index (κ3) is 4.46. The summed E-state index contributed by atoms with van der Waals surface area (Å²) in [6.07, 6.45) is 3.27. The minimum absolute atomic E-state index is 0.205. The van der Waals surface area contributed by atoms with Crippen molar-refractivity contribution in [3.05, 3.63) is 22.6 Å². The zero-order valence-corrected chi connectivity index (χ0v) is 22.9. The zero-order valence-electron chi connectivity index (χ0n) is 22.1. The van der Waals surface area contributed by atoms with Crippen LogP contribution in [0.4, 0.5) is 21.0 Å². The first kappa shape index (κ1) is 25.6. The number of alkyl halides is 1. The van der Waals surface area contributed by atoms with E-state index in [0.29, 0.717) is 49.8 Å². The molecular formula is C27H36FN7O2S. The highest BCUT2D eigenvalue weighted by atomic mass is 32.1. The van der Waals surface area contributed by atoms with Crippen LogP contribution in [0.25, 0.3) is 0 Å². The number of piperidine rings is 1. The lowest BCUT2D eigenvalue weighted by Gasteiger charge is -2.49. The SMILES string of the molecule is CC1(c2csc(N)c2C#N)CN(c2cc(N3CCC[C@@](C)(O)C3)nc(OC[C@@]34CCCN3C[C@H](F)C4)n2)C1. The molecule has 0 radical (unpaired) electrons. The molecule has 0 aliphatic carbocycles. The molecule has 9 nitrogen and oxygen atoms in total. The van der Waals surface area contributed by atoms with Crippen LogP contribution in [0.3, 0.4) is 0 Å². The van der Waals surface area contributed by atoms with E-state index in [9.17, 15) is 14.8 Å². The molecule has 3 atom stereocenters. The molecule has 38 heavy (non-hydrogen) atoms. The van der Waals surface area contributed by atoms with Crippen LogP contribution in [0.2, 0.25) is 0 Å². The van der Waals surface area contributed by atoms with Gasteiger partial charge in [0.05, 0.1) is 16.7 Å². The second kappa shape index (κ2) is 9.21. The third-order valence-electron chi connectivity index (χ3n) is 8.89. The first-order valence-electron chi connectivity index (χ1n) is 13.5. The van der Waals surface area contributed by atoms with Gasteiger partial charge in [-0.15, -0.1) is 11.3 Å². The molecule has 2 aromatic rings. The number of β-amino-alcohol motifs (C(OH)–C–C–N with tert-alkyl or cyclic N) is 1. The molecule has 0 bridgehead atoms. The van der Waals surface area contributed by atoms with E-state index in [1.165, 1.54) is 11.3 Å². The molecule has 204 valence electrons. The number of halogens is 1. The fourth-order valence-electron chi connectivity index (χ4n) is 6.91. The van der Waals surface area contributed by atoms with Crippen molar-refractivity contribution >= 4 is 28.0 Å². The normalized spacial score (nSPS) is 30.7. The van der Waals surface area contributed by atoms with Gasteiger partial charge < -0.3 is 25.4 Å². The van der Waals surface area contributed by atoms with Crippen molar-refractivity contribution in [3.8, 4) is 12.1 Å². The lowest BCUT2D eigenvalue weighted by Crippen LogP contribution is -2.58. The highest BCUT2D eigenvalue weighted by molar-refractivity contribution is 7.14. The Labute approximate surface area is 227 Å². The fraction of sp³-hybridized carbons (Fsp3) is 0.667. The van der Waals surface area contributed by atoms with Gasteiger partial charge in [0.25, 0.3) is 0 Å². The highest BCUT2D eigenvalue weighted by Gasteiger charge is 2.49. The Bertz CT molecular complexity index is 1260. The Kier molecular flexibility index (Phi) is 6.20. The Morgan fingerprint density at radius 2 is 1.92 bits per heavy atom. The van der Waals surface area contributed by atoms with Crippen molar-refractivity contribution in [1.82, 2.24) is 14.9 Å². The van der Waals surface area contributed by atoms with Gasteiger partial charge in [0.2, 0.25) is 0 Å². The highest BCUT2D eigenvalue weighted by Crippen LogP contribution is 2.43. The predicted octanol–water partition coefficient (Wildman–Crippen LogP) is 3.08. The summed E-state index contributed by atoms with van der Waals surface area (Å²) in [7, 11) is 0. The molecule has 0 aromatic carbocycles. The minimum atomic E-state index is -0.819. The van der Waals surface area contributed by atoms with E-state index in [0.717, 1.165) is 56.0 Å². The van der Waals surface area contributed by atoms with Crippen LogP contribution in [0.1, 0.15) is 57.1 Å². The van der Waals surface area contributed by atoms with Crippen molar-refractivity contribution in [3.63, 3.8) is 0 Å². The van der Waals surface area contributed by atoms with Crippen molar-refractivity contribution in [1.29, 1.82) is 5.26 Å². The van der Waals surface area contributed by atoms with E-state index in [1.54, 1.807) is 0 Å². The van der Waals surface area contributed by atoms with Crippen LogP contribution in [-0.4, -0.2) is 83.2 Å². The average Bonchev–Trinajstić information content (AvgIpc) is 3.51. The van der Waals surface area contributed by atoms with Crippen molar-refractivity contribution < 1.29 is 14.2 Å². The van der Waals surface area contributed by atoms with Crippen LogP contribution in [0, 0.1) is 11.3 Å². The summed E-state index contributed by atoms with van der Waals surface area (Å²) in [5, 5.41) is 22.9. The fourth-order valence-corrected chi connectivity index (χ4v) is 7.83. The Balaban J connectivity index is 1.26. The lowest BCUT2D eigenvalue weighted by atomic mass is 9.75. The van der Waals surface area contributed by atoms with E-state index >= 15 is 0 Å². The summed E-state index contributed by atoms with van der Waals surface area (Å²) in [6.45, 7) is 8.41. The molecule has 0 spiro atoms. The first-order chi connectivity index (χ1) is 18.1. The summed E-state index contributed by atoms with van der Waals surface area (Å²) >= 11 is 1.41. The summed E-state index contributed by atoms with van der Waals surface area (Å²) in [6, 6.07) is 4.52. The maximum absolute atomic E-state index is 14.3. The van der Waals surface area contributed by atoms with Gasteiger partial charge in [0.15, 0.2) is 0 Å². The van der Waals surface area contributed by atoms with Gasteiger partial charge in [-0.25, -0.2) is 4.39 Å². The molecule has 6 rings (SSSR count). The van der Waals surface area contributed by atoms with E-state index in [1.807, 2.05) is 18.4 Å². The van der Waals surface area contributed by atoms with Gasteiger partial charge in [-0.3, -0.25) is 4.90 Å². The molecule has 4 saturated heterocycles. The van der Waals surface area contributed by atoms with Crippen molar-refractivity contribution in [2.45, 2.75) is 68.7 Å². The van der Waals surface area contributed by atoms with Crippen LogP contribution in [-0.2, 0) is 5.41 Å². The lowest BCUT2D eigenvalue weighted by molar-refractivity contribution is 0.0446. The van der Waals surface area contributed by atoms with Crippen LogP contribution in [0.15, 0.2) is 11.4 Å². The minimum Gasteiger partial charge on any atom is -0.461 e. The van der Waals surface area contributed by atoms with E-state index in [2.05, 4.69) is 27.7 Å². The number of nitriles is 1. The molecule has 0 amide bonds. The number of aromatic nitrogens is 2. The molecule has 6 heterocycles. The molecule has 3 N–H and O–H groups in total. The molecule has 2 aromatic heterocycles. The zero-order chi connectivity index (χ0) is 26.7. The van der Waals surface area contributed by atoms with Crippen LogP contribution < -0.4 is 20.3 Å². The molecular weight excluding hydrogens is 505 g/mol. The second-order valence-electron chi connectivity index (χ2n) is 12.2. The monoisotopic (exact) mass is 541 g/mol. The predicted molar refractivity (Wildman–Crippen MR) is 146 cm³/mol. The van der Waals surface area contributed by atoms with Gasteiger partial charge in [0.1, 0.15) is 35.5 Å². The van der Waals surface area contributed by atoms with Crippen LogP contribution >= 0.6 is 11.3 Å². The largest absolute Gasteiger partial charge is 0.461 e. The Morgan fingerprint density at radius 3 is 2.66 bits per heavy atom. The standard InChI is InChI=1S/C27H36FN7O2S/c1-25(20-13-38-23(30)19(20)11-29)14-34(15-25)22-9-21(33-7-3-5-26(2,36)16-33)31-24(32-22)37-17-27-6-4-8-35(27)12-18(28)10-27/h9,13,18,36H,3-8,10,12,14-17,30H2,1-2H3/t18-,26-,27+/m1/s1. The molecule has 4 aliphatic rings. The van der Waals surface area contributed by atoms with Gasteiger partial charge in [-0.2, -0.15) is 15.2 Å². The van der Waals surface area contributed by atoms with E-state index in [4.69, 9.17) is 20.4 Å². The number of nitrogens with two attached hydrogens (primary N) is 1. The Hall–Kier alpha value is -2.68. The van der Waals surface area contributed by atoms with Gasteiger partial charge in [0, 0.05) is 50.6 Å². The van der Waals surface area contributed by atoms with Crippen molar-refractivity contribution in [2.75, 3.05) is 61.4 Å². The average molecular weight is 542 g/mol. The number of aliphatic hydroxyl groups is 1. The summed E-state index contributed by atoms with van der Waals surface area (Å²) < 4.78 is 20.6. The summed E-state index contributed by atoms with van der Waals surface area (Å²) in [5.74, 6) is 1.48. The molecule has 4 aliphatic heterocycles. The third-order valence-corrected chi connectivity index (χ3v) is 9.71. The number of rotatable bonds is 6. The van der Waals surface area contributed by atoms with Gasteiger partial charge >= 0.3 is 6.01 Å². The number of hydrogen-bond donors (Lipinski definition) is 2. The number of ether oxygens (including phenoxy) is 1. The summed E-state index contributed by atoms with van der Waals surface area (Å²) in [4.78, 5) is 16.0. The van der Waals surface area contributed by atoms with Gasteiger partial charge in [-0.05, 0) is 50.1 Å². The maximum atomic E-state index is 14.3. The Morgan fingerprint density at radius 1 is 1.18 bits per heavy atom. The summed E-state index contributed by atoms with van der Waals surface area (Å²) in [5.41, 5.74) is 6.33. The van der Waals surface area contributed by atoms with Crippen LogP contribution in [0.5, 0.6) is 6.01 Å².